The Balaban J connectivity index is 1.90. The summed E-state index contributed by atoms with van der Waals surface area (Å²) in [6, 6.07) is 4.39. The van der Waals surface area contributed by atoms with E-state index in [0.29, 0.717) is 5.02 Å². The quantitative estimate of drug-likeness (QED) is 0.722. The average molecular weight is 302 g/mol. The lowest BCUT2D eigenvalue weighted by atomic mass is 10.0. The number of fused-ring (bicyclic) bond motifs is 2. The normalized spacial score (nSPS) is 29.6. The van der Waals surface area contributed by atoms with Gasteiger partial charge in [-0.2, -0.15) is 0 Å². The summed E-state index contributed by atoms with van der Waals surface area (Å²) < 4.78 is 13.8. The highest BCUT2D eigenvalue weighted by atomic mass is 35.5. The van der Waals surface area contributed by atoms with E-state index in [1.54, 1.807) is 0 Å². The summed E-state index contributed by atoms with van der Waals surface area (Å²) in [5.74, 6) is -0.766. The van der Waals surface area contributed by atoms with Crippen LogP contribution in [0.2, 0.25) is 5.02 Å². The van der Waals surface area contributed by atoms with Gasteiger partial charge < -0.3 is 4.90 Å². The molecule has 19 heavy (non-hydrogen) atoms. The van der Waals surface area contributed by atoms with Gasteiger partial charge in [-0.15, -0.1) is 11.6 Å². The van der Waals surface area contributed by atoms with Crippen LogP contribution in [0.15, 0.2) is 18.2 Å². The number of amides is 1. The fourth-order valence-electron chi connectivity index (χ4n) is 3.24. The molecule has 0 aliphatic carbocycles. The molecule has 2 fully saturated rings. The van der Waals surface area contributed by atoms with Crippen molar-refractivity contribution >= 4 is 29.1 Å². The van der Waals surface area contributed by atoms with Gasteiger partial charge in [-0.1, -0.05) is 11.6 Å². The number of carbonyl (C=O) groups excluding carboxylic acids is 1. The Morgan fingerprint density at radius 3 is 2.53 bits per heavy atom. The molecule has 2 unspecified atom stereocenters. The molecule has 2 saturated heterocycles. The van der Waals surface area contributed by atoms with Crippen molar-refractivity contribution in [2.75, 3.05) is 0 Å². The summed E-state index contributed by atoms with van der Waals surface area (Å²) in [6.07, 6.45) is 3.52. The molecule has 0 saturated carbocycles. The summed E-state index contributed by atoms with van der Waals surface area (Å²) in [5.41, 5.74) is 0.0671. The number of alkyl halides is 1. The highest BCUT2D eigenvalue weighted by Gasteiger charge is 2.43. The van der Waals surface area contributed by atoms with E-state index in [1.807, 2.05) is 4.90 Å². The van der Waals surface area contributed by atoms with Gasteiger partial charge in [0, 0.05) is 22.5 Å². The predicted octanol–water partition coefficient (Wildman–Crippen LogP) is 3.85. The molecule has 2 heterocycles. The number of hydrogen-bond acceptors (Lipinski definition) is 1. The first kappa shape index (κ1) is 13.2. The van der Waals surface area contributed by atoms with Crippen molar-refractivity contribution in [3.63, 3.8) is 0 Å². The van der Waals surface area contributed by atoms with Crippen LogP contribution in [0, 0.1) is 5.82 Å². The van der Waals surface area contributed by atoms with E-state index in [9.17, 15) is 9.18 Å². The van der Waals surface area contributed by atoms with E-state index in [4.69, 9.17) is 23.2 Å². The van der Waals surface area contributed by atoms with E-state index in [2.05, 4.69) is 0 Å². The SMILES string of the molecule is O=C(c1cc(Cl)ccc1F)N1C2CCC1CC(Cl)C2. The highest BCUT2D eigenvalue weighted by Crippen LogP contribution is 2.39. The Kier molecular flexibility index (Phi) is 3.44. The maximum atomic E-state index is 13.8. The molecule has 3 rings (SSSR count). The van der Waals surface area contributed by atoms with Crippen molar-refractivity contribution < 1.29 is 9.18 Å². The highest BCUT2D eigenvalue weighted by molar-refractivity contribution is 6.31. The summed E-state index contributed by atoms with van der Waals surface area (Å²) in [7, 11) is 0. The van der Waals surface area contributed by atoms with Crippen LogP contribution in [-0.4, -0.2) is 28.3 Å². The number of carbonyl (C=O) groups is 1. The zero-order valence-electron chi connectivity index (χ0n) is 10.3. The minimum Gasteiger partial charge on any atom is -0.332 e. The summed E-state index contributed by atoms with van der Waals surface area (Å²) >= 11 is 12.0. The van der Waals surface area contributed by atoms with Crippen molar-refractivity contribution in [3.05, 3.63) is 34.6 Å². The zero-order chi connectivity index (χ0) is 13.6. The number of hydrogen-bond donors (Lipinski definition) is 0. The molecule has 1 aromatic rings. The third-order valence-corrected chi connectivity index (χ3v) is 4.66. The van der Waals surface area contributed by atoms with Crippen molar-refractivity contribution in [3.8, 4) is 0 Å². The number of piperidine rings is 1. The van der Waals surface area contributed by atoms with Crippen molar-refractivity contribution in [1.82, 2.24) is 4.90 Å². The molecule has 0 radical (unpaired) electrons. The Hall–Kier alpha value is -0.800. The monoisotopic (exact) mass is 301 g/mol. The van der Waals surface area contributed by atoms with E-state index < -0.39 is 5.82 Å². The van der Waals surface area contributed by atoms with Gasteiger partial charge in [0.2, 0.25) is 0 Å². The lowest BCUT2D eigenvalue weighted by molar-refractivity contribution is 0.0595. The van der Waals surface area contributed by atoms with Crippen LogP contribution in [0.25, 0.3) is 0 Å². The van der Waals surface area contributed by atoms with Crippen LogP contribution in [0.4, 0.5) is 4.39 Å². The number of rotatable bonds is 1. The molecule has 102 valence electrons. The van der Waals surface area contributed by atoms with Gasteiger partial charge >= 0.3 is 0 Å². The first-order valence-corrected chi connectivity index (χ1v) is 7.29. The van der Waals surface area contributed by atoms with Gasteiger partial charge in [-0.3, -0.25) is 4.79 Å². The number of halogens is 3. The fraction of sp³-hybridized carbons (Fsp3) is 0.500. The van der Waals surface area contributed by atoms with E-state index in [1.165, 1.54) is 18.2 Å². The van der Waals surface area contributed by atoms with Crippen molar-refractivity contribution in [1.29, 1.82) is 0 Å². The Labute approximate surface area is 121 Å². The smallest absolute Gasteiger partial charge is 0.257 e. The predicted molar refractivity (Wildman–Crippen MR) is 73.3 cm³/mol. The molecule has 2 aliphatic rings. The summed E-state index contributed by atoms with van der Waals surface area (Å²) in [6.45, 7) is 0. The van der Waals surface area contributed by atoms with Gasteiger partial charge in [0.05, 0.1) is 5.56 Å². The Morgan fingerprint density at radius 2 is 1.89 bits per heavy atom. The third-order valence-electron chi connectivity index (χ3n) is 4.07. The van der Waals surface area contributed by atoms with Crippen LogP contribution >= 0.6 is 23.2 Å². The molecule has 1 aromatic carbocycles. The Bertz CT molecular complexity index is 508. The minimum absolute atomic E-state index is 0.0671. The lowest BCUT2D eigenvalue weighted by Crippen LogP contribution is -2.47. The van der Waals surface area contributed by atoms with Crippen LogP contribution < -0.4 is 0 Å². The maximum Gasteiger partial charge on any atom is 0.257 e. The van der Waals surface area contributed by atoms with E-state index >= 15 is 0 Å². The third kappa shape index (κ3) is 2.34. The second-order valence-corrected chi connectivity index (χ2v) is 6.34. The lowest BCUT2D eigenvalue weighted by Gasteiger charge is -2.37. The molecular formula is C14H14Cl2FNO. The molecule has 2 bridgehead atoms. The van der Waals surface area contributed by atoms with Crippen LogP contribution in [-0.2, 0) is 0 Å². The first-order valence-electron chi connectivity index (χ1n) is 6.48. The molecule has 1 amide bonds. The molecule has 0 aromatic heterocycles. The topological polar surface area (TPSA) is 20.3 Å². The van der Waals surface area contributed by atoms with Crippen LogP contribution in [0.5, 0.6) is 0 Å². The maximum absolute atomic E-state index is 13.8. The van der Waals surface area contributed by atoms with Crippen LogP contribution in [0.1, 0.15) is 36.0 Å². The standard InChI is InChI=1S/C14H14Cl2FNO/c15-8-1-4-13(17)12(7-8)14(19)18-10-2-3-11(18)6-9(16)5-10/h1,4,7,9-11H,2-3,5-6H2. The molecule has 2 atom stereocenters. The van der Waals surface area contributed by atoms with Gasteiger partial charge in [0.1, 0.15) is 5.82 Å². The molecule has 2 aliphatic heterocycles. The minimum atomic E-state index is -0.512. The Morgan fingerprint density at radius 1 is 1.26 bits per heavy atom. The van der Waals surface area contributed by atoms with Crippen molar-refractivity contribution in [2.24, 2.45) is 0 Å². The van der Waals surface area contributed by atoms with Gasteiger partial charge in [0.25, 0.3) is 5.91 Å². The molecule has 0 N–H and O–H groups in total. The molecule has 2 nitrogen and oxygen atoms in total. The van der Waals surface area contributed by atoms with Crippen LogP contribution in [0.3, 0.4) is 0 Å². The largest absolute Gasteiger partial charge is 0.332 e. The van der Waals surface area contributed by atoms with Gasteiger partial charge in [0.15, 0.2) is 0 Å². The van der Waals surface area contributed by atoms with E-state index in [0.717, 1.165) is 25.7 Å². The van der Waals surface area contributed by atoms with Crippen molar-refractivity contribution in [2.45, 2.75) is 43.1 Å². The summed E-state index contributed by atoms with van der Waals surface area (Å²) in [4.78, 5) is 14.3. The van der Waals surface area contributed by atoms with Gasteiger partial charge in [-0.05, 0) is 43.9 Å². The number of benzene rings is 1. The zero-order valence-corrected chi connectivity index (χ0v) is 11.8. The van der Waals surface area contributed by atoms with Gasteiger partial charge in [-0.25, -0.2) is 4.39 Å². The molecular weight excluding hydrogens is 288 g/mol. The molecule has 5 heteroatoms. The first-order chi connectivity index (χ1) is 9.06. The van der Waals surface area contributed by atoms with E-state index in [-0.39, 0.29) is 28.9 Å². The molecule has 0 spiro atoms. The summed E-state index contributed by atoms with van der Waals surface area (Å²) in [5, 5.41) is 0.509. The fourth-order valence-corrected chi connectivity index (χ4v) is 3.83. The second kappa shape index (κ2) is 4.95. The average Bonchev–Trinajstić information content (AvgIpc) is 2.64. The number of nitrogens with zero attached hydrogens (tertiary/aromatic N) is 1. The second-order valence-electron chi connectivity index (χ2n) is 5.29.